The molecule has 0 radical (unpaired) electrons. The lowest BCUT2D eigenvalue weighted by Gasteiger charge is -2.33. The summed E-state index contributed by atoms with van der Waals surface area (Å²) in [6.45, 7) is 11.3. The monoisotopic (exact) mass is 489 g/mol. The maximum atomic E-state index is 12.8. The molecule has 1 amide bonds. The van der Waals surface area contributed by atoms with Crippen LogP contribution in [-0.4, -0.2) is 32.7 Å². The Morgan fingerprint density at radius 3 is 1.94 bits per heavy atom. The molecule has 0 aliphatic carbocycles. The fourth-order valence-electron chi connectivity index (χ4n) is 2.91. The van der Waals surface area contributed by atoms with Gasteiger partial charge in [0.15, 0.2) is 4.87 Å². The number of carbonyl (C=O) groups is 3. The van der Waals surface area contributed by atoms with Gasteiger partial charge in [0.1, 0.15) is 0 Å². The van der Waals surface area contributed by atoms with Gasteiger partial charge in [-0.15, -0.1) is 11.8 Å². The number of hydrogen-bond donors (Lipinski definition) is 2. The second kappa shape index (κ2) is 14.1. The zero-order chi connectivity index (χ0) is 25.0. The molecule has 0 aliphatic rings. The van der Waals surface area contributed by atoms with Gasteiger partial charge in [0, 0.05) is 22.5 Å². The minimum absolute atomic E-state index is 0.105. The van der Waals surface area contributed by atoms with Crippen LogP contribution in [-0.2, 0) is 9.59 Å². The van der Waals surface area contributed by atoms with Crippen molar-refractivity contribution in [3.8, 4) is 0 Å². The summed E-state index contributed by atoms with van der Waals surface area (Å²) in [7, 11) is 0. The van der Waals surface area contributed by atoms with E-state index >= 15 is 0 Å². The summed E-state index contributed by atoms with van der Waals surface area (Å²) < 4.78 is 0. The van der Waals surface area contributed by atoms with Gasteiger partial charge in [0.25, 0.3) is 0 Å². The number of amides is 1. The lowest BCUT2D eigenvalue weighted by molar-refractivity contribution is -0.143. The van der Waals surface area contributed by atoms with Crippen LogP contribution in [0, 0.1) is 11.8 Å². The Bertz CT molecular complexity index is 890. The first-order valence-electron chi connectivity index (χ1n) is 11.1. The highest BCUT2D eigenvalue weighted by Gasteiger charge is 2.40. The molecule has 0 heterocycles. The third-order valence-corrected chi connectivity index (χ3v) is 7.77. The van der Waals surface area contributed by atoms with Crippen molar-refractivity contribution in [3.63, 3.8) is 0 Å². The molecule has 0 saturated carbocycles. The van der Waals surface area contributed by atoms with Crippen molar-refractivity contribution in [2.24, 2.45) is 11.8 Å². The van der Waals surface area contributed by atoms with Gasteiger partial charge in [0.05, 0.1) is 0 Å². The van der Waals surface area contributed by atoms with E-state index in [0.717, 1.165) is 17.3 Å². The van der Waals surface area contributed by atoms with Crippen LogP contribution in [0.25, 0.3) is 0 Å². The predicted molar refractivity (Wildman–Crippen MR) is 140 cm³/mol. The number of carboxylic acids is 1. The number of nitrogens with one attached hydrogen (secondary N) is 1. The van der Waals surface area contributed by atoms with Crippen LogP contribution >= 0.6 is 23.5 Å². The topological polar surface area (TPSA) is 83.5 Å². The first kappa shape index (κ1) is 28.8. The number of thioether (sulfide) groups is 2. The van der Waals surface area contributed by atoms with Gasteiger partial charge in [-0.1, -0.05) is 107 Å². The van der Waals surface area contributed by atoms with Crippen LogP contribution in [0.15, 0.2) is 60.7 Å². The SMILES string of the molecule is CC.CC(C)C(S[C@@](C)(NC(=O)[C@H](C)CSC(=O)c1ccccc1)C(=O)O)c1ccccc1. The van der Waals surface area contributed by atoms with Gasteiger partial charge in [-0.25, -0.2) is 4.79 Å². The predicted octanol–water partition coefficient (Wildman–Crippen LogP) is 6.27. The molecule has 0 spiro atoms. The van der Waals surface area contributed by atoms with E-state index in [0.29, 0.717) is 5.56 Å². The van der Waals surface area contributed by atoms with Gasteiger partial charge >= 0.3 is 5.97 Å². The Morgan fingerprint density at radius 2 is 1.45 bits per heavy atom. The van der Waals surface area contributed by atoms with E-state index in [1.165, 1.54) is 18.7 Å². The lowest BCUT2D eigenvalue weighted by atomic mass is 10.0. The van der Waals surface area contributed by atoms with Crippen molar-refractivity contribution in [1.82, 2.24) is 5.32 Å². The van der Waals surface area contributed by atoms with Crippen molar-refractivity contribution >= 4 is 40.5 Å². The summed E-state index contributed by atoms with van der Waals surface area (Å²) in [6, 6.07) is 18.6. The maximum absolute atomic E-state index is 12.8. The highest BCUT2D eigenvalue weighted by Crippen LogP contribution is 2.42. The molecule has 5 nitrogen and oxygen atoms in total. The number of hydrogen-bond acceptors (Lipinski definition) is 5. The number of benzene rings is 2. The molecular formula is C26H35NO4S2. The number of rotatable bonds is 10. The maximum Gasteiger partial charge on any atom is 0.339 e. The molecule has 180 valence electrons. The molecule has 0 saturated heterocycles. The summed E-state index contributed by atoms with van der Waals surface area (Å²) in [5.74, 6) is -1.58. The lowest BCUT2D eigenvalue weighted by Crippen LogP contribution is -2.52. The molecule has 2 aromatic carbocycles. The summed E-state index contributed by atoms with van der Waals surface area (Å²) in [5.41, 5.74) is 1.59. The molecule has 0 fully saturated rings. The molecule has 7 heteroatoms. The Morgan fingerprint density at radius 1 is 0.939 bits per heavy atom. The molecule has 0 aromatic heterocycles. The average Bonchev–Trinajstić information content (AvgIpc) is 2.82. The van der Waals surface area contributed by atoms with E-state index in [1.807, 2.05) is 64.1 Å². The standard InChI is InChI=1S/C24H29NO4S2.C2H6/c1-16(2)20(18-11-7-5-8-12-18)31-24(4,23(28)29)25-21(26)17(3)15-30-22(27)19-13-9-6-10-14-19;1-2/h5-14,16-17,20H,15H2,1-4H3,(H,25,26)(H,28,29);1-2H3/t17-,20?,24-;/m1./s1. The van der Waals surface area contributed by atoms with Crippen molar-refractivity contribution in [2.75, 3.05) is 5.75 Å². The van der Waals surface area contributed by atoms with Gasteiger partial charge in [-0.05, 0) is 18.4 Å². The van der Waals surface area contributed by atoms with Crippen molar-refractivity contribution in [3.05, 3.63) is 71.8 Å². The second-order valence-corrected chi connectivity index (χ2v) is 10.4. The molecule has 33 heavy (non-hydrogen) atoms. The molecule has 2 rings (SSSR count). The van der Waals surface area contributed by atoms with E-state index in [1.54, 1.807) is 31.2 Å². The molecule has 3 atom stereocenters. The van der Waals surface area contributed by atoms with Crippen LogP contribution in [0.4, 0.5) is 0 Å². The van der Waals surface area contributed by atoms with Crippen molar-refractivity contribution < 1.29 is 19.5 Å². The molecule has 1 unspecified atom stereocenters. The number of aliphatic carboxylic acids is 1. The van der Waals surface area contributed by atoms with Crippen LogP contribution in [0.5, 0.6) is 0 Å². The normalized spacial score (nSPS) is 14.3. The van der Waals surface area contributed by atoms with Gasteiger partial charge in [-0.2, -0.15) is 0 Å². The third-order valence-electron chi connectivity index (χ3n) is 4.79. The summed E-state index contributed by atoms with van der Waals surface area (Å²) >= 11 is 2.29. The fourth-order valence-corrected chi connectivity index (χ4v) is 5.10. The van der Waals surface area contributed by atoms with Crippen LogP contribution in [0.3, 0.4) is 0 Å². The minimum Gasteiger partial charge on any atom is -0.479 e. The Hall–Kier alpha value is -2.25. The first-order chi connectivity index (χ1) is 15.6. The van der Waals surface area contributed by atoms with E-state index in [2.05, 4.69) is 5.32 Å². The van der Waals surface area contributed by atoms with E-state index < -0.39 is 16.8 Å². The molecule has 0 bridgehead atoms. The molecular weight excluding hydrogens is 454 g/mol. The zero-order valence-corrected chi connectivity index (χ0v) is 21.8. The molecule has 2 aromatic rings. The summed E-state index contributed by atoms with van der Waals surface area (Å²) in [4.78, 5) is 35.7. The number of carboxylic acid groups (broad SMARTS) is 1. The Balaban J connectivity index is 0.00000265. The van der Waals surface area contributed by atoms with Crippen LogP contribution in [0.2, 0.25) is 0 Å². The van der Waals surface area contributed by atoms with Crippen molar-refractivity contribution in [1.29, 1.82) is 0 Å². The molecule has 0 aliphatic heterocycles. The van der Waals surface area contributed by atoms with Gasteiger partial charge in [0.2, 0.25) is 11.0 Å². The highest BCUT2D eigenvalue weighted by molar-refractivity contribution is 8.14. The Kier molecular flexibility index (Phi) is 12.3. The van der Waals surface area contributed by atoms with Crippen LogP contribution in [0.1, 0.15) is 62.7 Å². The summed E-state index contributed by atoms with van der Waals surface area (Å²) in [5, 5.41) is 12.4. The number of carbonyl (C=O) groups excluding carboxylic acids is 2. The summed E-state index contributed by atoms with van der Waals surface area (Å²) in [6.07, 6.45) is 0. The third kappa shape index (κ3) is 8.89. The Labute approximate surface area is 206 Å². The first-order valence-corrected chi connectivity index (χ1v) is 13.0. The quantitative estimate of drug-likeness (QED) is 0.383. The highest BCUT2D eigenvalue weighted by atomic mass is 32.2. The smallest absolute Gasteiger partial charge is 0.339 e. The van der Waals surface area contributed by atoms with E-state index in [9.17, 15) is 19.5 Å². The van der Waals surface area contributed by atoms with Gasteiger partial charge in [-0.3, -0.25) is 9.59 Å². The zero-order valence-electron chi connectivity index (χ0n) is 20.2. The fraction of sp³-hybridized carbons (Fsp3) is 0.423. The van der Waals surface area contributed by atoms with Crippen LogP contribution < -0.4 is 5.32 Å². The average molecular weight is 490 g/mol. The van der Waals surface area contributed by atoms with E-state index in [-0.39, 0.29) is 27.9 Å². The van der Waals surface area contributed by atoms with Crippen molar-refractivity contribution in [2.45, 2.75) is 51.7 Å². The second-order valence-electron chi connectivity index (χ2n) is 7.89. The largest absolute Gasteiger partial charge is 0.479 e. The minimum atomic E-state index is -1.50. The van der Waals surface area contributed by atoms with Gasteiger partial charge < -0.3 is 10.4 Å². The molecule has 2 N–H and O–H groups in total. The van der Waals surface area contributed by atoms with E-state index in [4.69, 9.17) is 0 Å².